The molecule has 0 amide bonds. The van der Waals surface area contributed by atoms with Crippen molar-refractivity contribution in [2.24, 2.45) is 0 Å². The third kappa shape index (κ3) is 2.59. The van der Waals surface area contributed by atoms with Crippen molar-refractivity contribution in [3.63, 3.8) is 0 Å². The van der Waals surface area contributed by atoms with Crippen molar-refractivity contribution in [3.8, 4) is 0 Å². The molecule has 2 fully saturated rings. The highest BCUT2D eigenvalue weighted by Gasteiger charge is 2.35. The molecule has 2 saturated heterocycles. The molecule has 4 heteroatoms. The minimum atomic E-state index is 0.341. The molecular weight excluding hydrogens is 182 g/mol. The summed E-state index contributed by atoms with van der Waals surface area (Å²) in [5.74, 6) is 0. The highest BCUT2D eigenvalue weighted by Crippen LogP contribution is 2.27. The molecule has 0 spiro atoms. The smallest absolute Gasteiger partial charge is 0.116 e. The summed E-state index contributed by atoms with van der Waals surface area (Å²) in [6, 6.07) is 0. The van der Waals surface area contributed by atoms with Crippen molar-refractivity contribution >= 4 is 15.7 Å². The molecule has 0 aromatic carbocycles. The average Bonchev–Trinajstić information content (AvgIpc) is 2.39. The Balaban J connectivity index is 2.10. The molecule has 84 valence electrons. The Hall–Kier alpha value is 0.0499. The molecule has 2 rings (SSSR count). The third-order valence-electron chi connectivity index (χ3n) is 3.89. The Morgan fingerprint density at radius 1 is 1.00 bits per heavy atom. The molecule has 0 aromatic rings. The van der Waals surface area contributed by atoms with Crippen LogP contribution in [-0.2, 0) is 0 Å². The van der Waals surface area contributed by atoms with E-state index < -0.39 is 0 Å². The predicted octanol–water partition coefficient (Wildman–Crippen LogP) is -0.166. The van der Waals surface area contributed by atoms with Gasteiger partial charge in [-0.1, -0.05) is 19.8 Å². The van der Waals surface area contributed by atoms with E-state index in [1.807, 2.05) is 0 Å². The number of rotatable bonds is 1. The van der Waals surface area contributed by atoms with Crippen LogP contribution < -0.4 is 0 Å². The second-order valence-electron chi connectivity index (χ2n) is 6.08. The van der Waals surface area contributed by atoms with Gasteiger partial charge in [0, 0.05) is 6.54 Å². The summed E-state index contributed by atoms with van der Waals surface area (Å²) in [6.07, 6.45) is 7.75. The zero-order valence-electron chi connectivity index (χ0n) is 10.6. The SMILES string of the molecule is BC(B)(C)N1CCCN2CCCCCC21. The maximum Gasteiger partial charge on any atom is 0.116 e. The van der Waals surface area contributed by atoms with E-state index in [-0.39, 0.29) is 0 Å². The van der Waals surface area contributed by atoms with Gasteiger partial charge in [-0.2, -0.15) is 0 Å². The van der Waals surface area contributed by atoms with Crippen LogP contribution >= 0.6 is 0 Å². The fraction of sp³-hybridized carbons (Fsp3) is 1.00. The van der Waals surface area contributed by atoms with Gasteiger partial charge in [-0.25, -0.2) is 0 Å². The number of hydrogen-bond acceptors (Lipinski definition) is 2. The number of nitrogens with zero attached hydrogens (tertiary/aromatic N) is 2. The molecule has 1 unspecified atom stereocenters. The lowest BCUT2D eigenvalue weighted by Gasteiger charge is -2.50. The zero-order chi connectivity index (χ0) is 10.9. The van der Waals surface area contributed by atoms with Gasteiger partial charge in [0.05, 0.1) is 6.17 Å². The van der Waals surface area contributed by atoms with Crippen LogP contribution in [0.15, 0.2) is 0 Å². The lowest BCUT2D eigenvalue weighted by molar-refractivity contribution is -0.0108. The lowest BCUT2D eigenvalue weighted by Crippen LogP contribution is -2.62. The summed E-state index contributed by atoms with van der Waals surface area (Å²) >= 11 is 0. The number of hydrogen-bond donors (Lipinski definition) is 0. The van der Waals surface area contributed by atoms with E-state index >= 15 is 0 Å². The fourth-order valence-corrected chi connectivity index (χ4v) is 3.14. The van der Waals surface area contributed by atoms with Crippen molar-refractivity contribution in [2.45, 2.75) is 50.5 Å². The van der Waals surface area contributed by atoms with Crippen LogP contribution in [0.25, 0.3) is 0 Å². The van der Waals surface area contributed by atoms with Gasteiger partial charge < -0.3 is 0 Å². The Morgan fingerprint density at radius 2 is 1.73 bits per heavy atom. The van der Waals surface area contributed by atoms with Gasteiger partial charge in [0.15, 0.2) is 0 Å². The van der Waals surface area contributed by atoms with E-state index in [4.69, 9.17) is 0 Å². The first-order chi connectivity index (χ1) is 7.09. The molecule has 2 aliphatic heterocycles. The molecule has 2 heterocycles. The Bertz CT molecular complexity index is 215. The van der Waals surface area contributed by atoms with E-state index in [9.17, 15) is 0 Å². The fourth-order valence-electron chi connectivity index (χ4n) is 3.14. The largest absolute Gasteiger partial charge is 0.298 e. The van der Waals surface area contributed by atoms with Gasteiger partial charge in [0.1, 0.15) is 15.7 Å². The van der Waals surface area contributed by atoms with Crippen molar-refractivity contribution in [1.82, 2.24) is 9.80 Å². The molecular formula is C11H24B2N2. The molecule has 0 aromatic heterocycles. The summed E-state index contributed by atoms with van der Waals surface area (Å²) in [7, 11) is 4.72. The quantitative estimate of drug-likeness (QED) is 0.549. The van der Waals surface area contributed by atoms with E-state index in [1.54, 1.807) is 0 Å². The summed E-state index contributed by atoms with van der Waals surface area (Å²) in [4.78, 5) is 5.45. The van der Waals surface area contributed by atoms with Crippen LogP contribution in [-0.4, -0.2) is 56.6 Å². The monoisotopic (exact) mass is 206 g/mol. The summed E-state index contributed by atoms with van der Waals surface area (Å²) in [5, 5.41) is 0.341. The standard InChI is InChI=1S/C11H24B2N2/c1-11(12,13)15-9-5-8-14-7-4-2-3-6-10(14)15/h10H,2-9,12-13H2,1H3. The minimum absolute atomic E-state index is 0.341. The second-order valence-corrected chi connectivity index (χ2v) is 6.08. The number of fused-ring (bicyclic) bond motifs is 1. The molecule has 0 saturated carbocycles. The minimum Gasteiger partial charge on any atom is -0.298 e. The molecule has 2 aliphatic rings. The molecule has 1 atom stereocenters. The highest BCUT2D eigenvalue weighted by atomic mass is 15.4. The molecule has 0 N–H and O–H groups in total. The summed E-state index contributed by atoms with van der Waals surface area (Å²) < 4.78 is 0. The van der Waals surface area contributed by atoms with Gasteiger partial charge >= 0.3 is 0 Å². The van der Waals surface area contributed by atoms with E-state index in [2.05, 4.69) is 32.4 Å². The van der Waals surface area contributed by atoms with Crippen molar-refractivity contribution in [2.75, 3.05) is 19.6 Å². The highest BCUT2D eigenvalue weighted by molar-refractivity contribution is 6.39. The van der Waals surface area contributed by atoms with Gasteiger partial charge in [0.2, 0.25) is 0 Å². The Morgan fingerprint density at radius 3 is 2.47 bits per heavy atom. The van der Waals surface area contributed by atoms with Gasteiger partial charge in [-0.05, 0) is 37.7 Å². The first kappa shape index (κ1) is 11.5. The van der Waals surface area contributed by atoms with Crippen LogP contribution in [0.3, 0.4) is 0 Å². The lowest BCUT2D eigenvalue weighted by atomic mass is 9.61. The van der Waals surface area contributed by atoms with Crippen LogP contribution in [0.5, 0.6) is 0 Å². The van der Waals surface area contributed by atoms with Gasteiger partial charge in [-0.15, -0.1) is 0 Å². The zero-order valence-corrected chi connectivity index (χ0v) is 10.6. The first-order valence-corrected chi connectivity index (χ1v) is 6.60. The Kier molecular flexibility index (Phi) is 3.46. The normalized spacial score (nSPS) is 30.9. The van der Waals surface area contributed by atoms with Crippen molar-refractivity contribution in [1.29, 1.82) is 0 Å². The van der Waals surface area contributed by atoms with Crippen LogP contribution in [0.4, 0.5) is 0 Å². The molecule has 2 nitrogen and oxygen atoms in total. The third-order valence-corrected chi connectivity index (χ3v) is 3.89. The predicted molar refractivity (Wildman–Crippen MR) is 70.6 cm³/mol. The van der Waals surface area contributed by atoms with Crippen LogP contribution in [0, 0.1) is 0 Å². The van der Waals surface area contributed by atoms with E-state index in [0.717, 1.165) is 6.17 Å². The second kappa shape index (κ2) is 4.50. The first-order valence-electron chi connectivity index (χ1n) is 6.60. The maximum atomic E-state index is 2.72. The molecule has 0 radical (unpaired) electrons. The molecule has 0 aliphatic carbocycles. The molecule has 15 heavy (non-hydrogen) atoms. The van der Waals surface area contributed by atoms with Gasteiger partial charge in [-0.3, -0.25) is 9.80 Å². The van der Waals surface area contributed by atoms with Gasteiger partial charge in [0.25, 0.3) is 0 Å². The summed E-state index contributed by atoms with van der Waals surface area (Å²) in [5.41, 5.74) is 0. The maximum absolute atomic E-state index is 2.72. The van der Waals surface area contributed by atoms with Crippen LogP contribution in [0.1, 0.15) is 39.0 Å². The van der Waals surface area contributed by atoms with E-state index in [1.165, 1.54) is 51.7 Å². The van der Waals surface area contributed by atoms with Crippen LogP contribution in [0.2, 0.25) is 0 Å². The molecule has 0 bridgehead atoms. The Labute approximate surface area is 96.2 Å². The average molecular weight is 206 g/mol. The van der Waals surface area contributed by atoms with E-state index in [0.29, 0.717) is 5.34 Å². The topological polar surface area (TPSA) is 6.48 Å². The summed E-state index contributed by atoms with van der Waals surface area (Å²) in [6.45, 7) is 6.32. The van der Waals surface area contributed by atoms with Crippen molar-refractivity contribution < 1.29 is 0 Å². The van der Waals surface area contributed by atoms with Crippen molar-refractivity contribution in [3.05, 3.63) is 0 Å².